The van der Waals surface area contributed by atoms with E-state index in [0.717, 1.165) is 17.0 Å². The molecule has 0 unspecified atom stereocenters. The summed E-state index contributed by atoms with van der Waals surface area (Å²) in [6, 6.07) is 8.26. The normalized spacial score (nSPS) is 10.6. The van der Waals surface area contributed by atoms with Crippen LogP contribution in [0.3, 0.4) is 0 Å². The molecule has 1 aromatic carbocycles. The summed E-state index contributed by atoms with van der Waals surface area (Å²) in [5, 5.41) is 4.72. The molecule has 1 aromatic heterocycles. The summed E-state index contributed by atoms with van der Waals surface area (Å²) < 4.78 is 5.14. The maximum atomic E-state index is 5.14. The second kappa shape index (κ2) is 4.19. The van der Waals surface area contributed by atoms with E-state index in [-0.39, 0.29) is 0 Å². The molecule has 78 valence electrons. The van der Waals surface area contributed by atoms with Gasteiger partial charge < -0.3 is 4.52 Å². The molecule has 0 N–H and O–H groups in total. The predicted molar refractivity (Wildman–Crippen MR) is 64.0 cm³/mol. The number of hydrogen-bond donors (Lipinski definition) is 0. The first-order valence-corrected chi connectivity index (χ1v) is 5.92. The monoisotopic (exact) mass is 265 g/mol. The summed E-state index contributed by atoms with van der Waals surface area (Å²) in [6.07, 6.45) is 0. The van der Waals surface area contributed by atoms with E-state index in [0.29, 0.717) is 5.33 Å². The molecule has 0 aliphatic heterocycles. The molecule has 0 fully saturated rings. The van der Waals surface area contributed by atoms with Crippen molar-refractivity contribution in [3.63, 3.8) is 0 Å². The number of hydrogen-bond acceptors (Lipinski definition) is 2. The first kappa shape index (κ1) is 10.4. The molecule has 0 spiro atoms. The molecule has 3 heteroatoms. The standard InChI is InChI=1S/C12H12BrNO/c1-8-3-4-10(5-9(8)2)12-6-11(7-13)15-14-12/h3-6H,7H2,1-2H3. The minimum Gasteiger partial charge on any atom is -0.360 e. The summed E-state index contributed by atoms with van der Waals surface area (Å²) in [4.78, 5) is 0. The Morgan fingerprint density at radius 3 is 2.60 bits per heavy atom. The van der Waals surface area contributed by atoms with Crippen LogP contribution in [-0.2, 0) is 5.33 Å². The maximum Gasteiger partial charge on any atom is 0.147 e. The van der Waals surface area contributed by atoms with Gasteiger partial charge in [-0.15, -0.1) is 0 Å². The number of nitrogens with zero attached hydrogens (tertiary/aromatic N) is 1. The Morgan fingerprint density at radius 1 is 1.20 bits per heavy atom. The highest BCUT2D eigenvalue weighted by atomic mass is 79.9. The Kier molecular flexibility index (Phi) is 2.91. The van der Waals surface area contributed by atoms with Gasteiger partial charge in [0.15, 0.2) is 0 Å². The maximum absolute atomic E-state index is 5.14. The van der Waals surface area contributed by atoms with Crippen LogP contribution in [0.25, 0.3) is 11.3 Å². The molecule has 0 aliphatic rings. The molecule has 0 atom stereocenters. The molecule has 2 nitrogen and oxygen atoms in total. The lowest BCUT2D eigenvalue weighted by Gasteiger charge is -2.01. The molecule has 0 amide bonds. The van der Waals surface area contributed by atoms with Gasteiger partial charge in [-0.05, 0) is 31.0 Å². The zero-order valence-corrected chi connectivity index (χ0v) is 10.3. The topological polar surface area (TPSA) is 26.0 Å². The average Bonchev–Trinajstić information content (AvgIpc) is 2.70. The van der Waals surface area contributed by atoms with Crippen molar-refractivity contribution in [2.75, 3.05) is 0 Å². The van der Waals surface area contributed by atoms with E-state index >= 15 is 0 Å². The van der Waals surface area contributed by atoms with Crippen LogP contribution < -0.4 is 0 Å². The molecule has 0 bridgehead atoms. The molecule has 0 aliphatic carbocycles. The fourth-order valence-electron chi connectivity index (χ4n) is 1.41. The van der Waals surface area contributed by atoms with E-state index in [9.17, 15) is 0 Å². The molecule has 0 saturated heterocycles. The van der Waals surface area contributed by atoms with Crippen LogP contribution in [0.15, 0.2) is 28.8 Å². The van der Waals surface area contributed by atoms with Crippen molar-refractivity contribution in [3.8, 4) is 11.3 Å². The summed E-state index contributed by atoms with van der Waals surface area (Å²) >= 11 is 3.34. The van der Waals surface area contributed by atoms with Crippen molar-refractivity contribution in [1.82, 2.24) is 5.16 Å². The molecule has 2 aromatic rings. The first-order chi connectivity index (χ1) is 7.20. The van der Waals surface area contributed by atoms with Gasteiger partial charge >= 0.3 is 0 Å². The number of benzene rings is 1. The lowest BCUT2D eigenvalue weighted by atomic mass is 10.0. The minimum atomic E-state index is 0.699. The smallest absolute Gasteiger partial charge is 0.147 e. The Hall–Kier alpha value is -1.09. The average molecular weight is 266 g/mol. The molecule has 15 heavy (non-hydrogen) atoms. The second-order valence-electron chi connectivity index (χ2n) is 3.61. The van der Waals surface area contributed by atoms with Crippen molar-refractivity contribution < 1.29 is 4.52 Å². The van der Waals surface area contributed by atoms with Gasteiger partial charge in [-0.25, -0.2) is 0 Å². The van der Waals surface area contributed by atoms with Crippen molar-refractivity contribution in [3.05, 3.63) is 41.2 Å². The van der Waals surface area contributed by atoms with Crippen LogP contribution in [0.4, 0.5) is 0 Å². The van der Waals surface area contributed by atoms with E-state index in [2.05, 4.69) is 53.1 Å². The SMILES string of the molecule is Cc1ccc(-c2cc(CBr)on2)cc1C. The molecule has 0 radical (unpaired) electrons. The van der Waals surface area contributed by atoms with Gasteiger partial charge in [0.2, 0.25) is 0 Å². The first-order valence-electron chi connectivity index (χ1n) is 4.80. The van der Waals surface area contributed by atoms with Crippen LogP contribution in [0, 0.1) is 13.8 Å². The quantitative estimate of drug-likeness (QED) is 0.771. The van der Waals surface area contributed by atoms with E-state index < -0.39 is 0 Å². The molecule has 2 rings (SSSR count). The number of rotatable bonds is 2. The van der Waals surface area contributed by atoms with Crippen LogP contribution >= 0.6 is 15.9 Å². The van der Waals surface area contributed by atoms with E-state index in [1.807, 2.05) is 6.07 Å². The van der Waals surface area contributed by atoms with Gasteiger partial charge in [-0.1, -0.05) is 33.2 Å². The Balaban J connectivity index is 2.40. The van der Waals surface area contributed by atoms with Crippen LogP contribution in [-0.4, -0.2) is 5.16 Å². The van der Waals surface area contributed by atoms with E-state index in [1.165, 1.54) is 11.1 Å². The zero-order valence-electron chi connectivity index (χ0n) is 8.75. The van der Waals surface area contributed by atoms with Gasteiger partial charge in [0, 0.05) is 11.6 Å². The Bertz CT molecular complexity index is 476. The number of halogens is 1. The fourth-order valence-corrected chi connectivity index (χ4v) is 1.68. The lowest BCUT2D eigenvalue weighted by molar-refractivity contribution is 0.398. The van der Waals surface area contributed by atoms with E-state index in [4.69, 9.17) is 4.52 Å². The lowest BCUT2D eigenvalue weighted by Crippen LogP contribution is -1.83. The summed E-state index contributed by atoms with van der Waals surface area (Å²) in [6.45, 7) is 4.20. The van der Waals surface area contributed by atoms with Gasteiger partial charge in [0.05, 0.1) is 5.33 Å². The van der Waals surface area contributed by atoms with Crippen molar-refractivity contribution in [2.24, 2.45) is 0 Å². The van der Waals surface area contributed by atoms with E-state index in [1.54, 1.807) is 0 Å². The van der Waals surface area contributed by atoms with Gasteiger partial charge in [-0.2, -0.15) is 0 Å². The molecule has 1 heterocycles. The third kappa shape index (κ3) is 2.12. The van der Waals surface area contributed by atoms with Crippen LogP contribution in [0.2, 0.25) is 0 Å². The van der Waals surface area contributed by atoms with Crippen LogP contribution in [0.5, 0.6) is 0 Å². The molecular formula is C12H12BrNO. The summed E-state index contributed by atoms with van der Waals surface area (Å²) in [5.74, 6) is 0.850. The second-order valence-corrected chi connectivity index (χ2v) is 4.17. The largest absolute Gasteiger partial charge is 0.360 e. The third-order valence-corrected chi connectivity index (χ3v) is 3.05. The summed E-state index contributed by atoms with van der Waals surface area (Å²) in [5.41, 5.74) is 4.57. The number of aromatic nitrogens is 1. The van der Waals surface area contributed by atoms with Crippen LogP contribution in [0.1, 0.15) is 16.9 Å². The highest BCUT2D eigenvalue weighted by molar-refractivity contribution is 9.08. The van der Waals surface area contributed by atoms with Crippen molar-refractivity contribution in [1.29, 1.82) is 0 Å². The highest BCUT2D eigenvalue weighted by Crippen LogP contribution is 2.22. The molecule has 0 saturated carbocycles. The van der Waals surface area contributed by atoms with Gasteiger partial charge in [0.1, 0.15) is 11.5 Å². The predicted octanol–water partition coefficient (Wildman–Crippen LogP) is 3.85. The van der Waals surface area contributed by atoms with Gasteiger partial charge in [0.25, 0.3) is 0 Å². The highest BCUT2D eigenvalue weighted by Gasteiger charge is 2.06. The minimum absolute atomic E-state index is 0.699. The summed E-state index contributed by atoms with van der Waals surface area (Å²) in [7, 11) is 0. The van der Waals surface area contributed by atoms with Crippen molar-refractivity contribution in [2.45, 2.75) is 19.2 Å². The molecular weight excluding hydrogens is 254 g/mol. The number of aryl methyl sites for hydroxylation is 2. The fraction of sp³-hybridized carbons (Fsp3) is 0.250. The Labute approximate surface area is 97.4 Å². The van der Waals surface area contributed by atoms with Crippen molar-refractivity contribution >= 4 is 15.9 Å². The number of alkyl halides is 1. The third-order valence-electron chi connectivity index (χ3n) is 2.49. The Morgan fingerprint density at radius 2 is 2.00 bits per heavy atom. The van der Waals surface area contributed by atoms with Gasteiger partial charge in [-0.3, -0.25) is 0 Å². The zero-order chi connectivity index (χ0) is 10.8.